The Morgan fingerprint density at radius 2 is 2.38 bits per heavy atom. The van der Waals surface area contributed by atoms with Gasteiger partial charge in [0.25, 0.3) is 0 Å². The molecule has 0 aliphatic heterocycles. The van der Waals surface area contributed by atoms with Gasteiger partial charge in [0.2, 0.25) is 5.88 Å². The molecule has 1 aromatic heterocycles. The minimum Gasteiger partial charge on any atom is -0.481 e. The van der Waals surface area contributed by atoms with E-state index in [-0.39, 0.29) is 6.04 Å². The molecule has 1 rings (SSSR count). The molecule has 0 saturated heterocycles. The molecule has 0 saturated carbocycles. The van der Waals surface area contributed by atoms with Crippen LogP contribution in [0.3, 0.4) is 0 Å². The Morgan fingerprint density at radius 3 is 2.88 bits per heavy atom. The first-order chi connectivity index (χ1) is 7.80. The lowest BCUT2D eigenvalue weighted by Gasteiger charge is -2.11. The number of methoxy groups -OCH3 is 1. The SMILES string of the molecule is C#CC(CCC)NCc1ccc(OC)nc1. The largest absolute Gasteiger partial charge is 0.481 e. The summed E-state index contributed by atoms with van der Waals surface area (Å²) in [6.45, 7) is 2.87. The second-order valence-electron chi connectivity index (χ2n) is 3.60. The van der Waals surface area contributed by atoms with E-state index in [4.69, 9.17) is 11.2 Å². The van der Waals surface area contributed by atoms with E-state index in [9.17, 15) is 0 Å². The highest BCUT2D eigenvalue weighted by Crippen LogP contribution is 2.06. The number of ether oxygens (including phenoxy) is 1. The van der Waals surface area contributed by atoms with Crippen molar-refractivity contribution in [1.82, 2.24) is 10.3 Å². The maximum Gasteiger partial charge on any atom is 0.212 e. The van der Waals surface area contributed by atoms with Crippen LogP contribution in [0.15, 0.2) is 18.3 Å². The predicted octanol–water partition coefficient (Wildman–Crippen LogP) is 1.98. The molecule has 3 heteroatoms. The number of terminal acetylenes is 1. The first-order valence-electron chi connectivity index (χ1n) is 5.48. The highest BCUT2D eigenvalue weighted by molar-refractivity contribution is 5.17. The Bertz CT molecular complexity index is 340. The van der Waals surface area contributed by atoms with Crippen molar-refractivity contribution < 1.29 is 4.74 Å². The topological polar surface area (TPSA) is 34.1 Å². The maximum absolute atomic E-state index is 5.42. The van der Waals surface area contributed by atoms with E-state index in [1.54, 1.807) is 13.3 Å². The zero-order chi connectivity index (χ0) is 11.8. The van der Waals surface area contributed by atoms with Gasteiger partial charge in [0.05, 0.1) is 13.2 Å². The molecule has 1 aromatic rings. The number of nitrogens with zero attached hydrogens (tertiary/aromatic N) is 1. The van der Waals surface area contributed by atoms with E-state index in [0.717, 1.165) is 24.9 Å². The Labute approximate surface area is 97.2 Å². The standard InChI is InChI=1S/C13H18N2O/c1-4-6-12(5-2)14-9-11-7-8-13(16-3)15-10-11/h2,7-8,10,12,14H,4,6,9H2,1,3H3. The second kappa shape index (κ2) is 6.86. The van der Waals surface area contributed by atoms with E-state index in [2.05, 4.69) is 23.1 Å². The smallest absolute Gasteiger partial charge is 0.212 e. The van der Waals surface area contributed by atoms with Crippen LogP contribution in [0.4, 0.5) is 0 Å². The van der Waals surface area contributed by atoms with Crippen LogP contribution in [-0.4, -0.2) is 18.1 Å². The average Bonchev–Trinajstić information content (AvgIpc) is 2.35. The van der Waals surface area contributed by atoms with Crippen LogP contribution in [0.1, 0.15) is 25.3 Å². The van der Waals surface area contributed by atoms with Gasteiger partial charge in [0, 0.05) is 18.8 Å². The van der Waals surface area contributed by atoms with Gasteiger partial charge in [-0.1, -0.05) is 25.3 Å². The molecule has 0 radical (unpaired) electrons. The van der Waals surface area contributed by atoms with Gasteiger partial charge in [0.15, 0.2) is 0 Å². The van der Waals surface area contributed by atoms with Crippen LogP contribution in [0.5, 0.6) is 5.88 Å². The van der Waals surface area contributed by atoms with Crippen molar-refractivity contribution in [1.29, 1.82) is 0 Å². The lowest BCUT2D eigenvalue weighted by Crippen LogP contribution is -2.26. The highest BCUT2D eigenvalue weighted by atomic mass is 16.5. The third-order valence-electron chi connectivity index (χ3n) is 2.34. The number of nitrogens with one attached hydrogen (secondary N) is 1. The summed E-state index contributed by atoms with van der Waals surface area (Å²) in [7, 11) is 1.61. The van der Waals surface area contributed by atoms with Crippen molar-refractivity contribution in [3.63, 3.8) is 0 Å². The lowest BCUT2D eigenvalue weighted by atomic mass is 10.1. The minimum atomic E-state index is 0.145. The second-order valence-corrected chi connectivity index (χ2v) is 3.60. The fraction of sp³-hybridized carbons (Fsp3) is 0.462. The van der Waals surface area contributed by atoms with E-state index in [1.165, 1.54) is 0 Å². The molecule has 0 aliphatic carbocycles. The minimum absolute atomic E-state index is 0.145. The summed E-state index contributed by atoms with van der Waals surface area (Å²) in [6.07, 6.45) is 9.30. The first-order valence-corrected chi connectivity index (χ1v) is 5.48. The summed E-state index contributed by atoms with van der Waals surface area (Å²) in [5.41, 5.74) is 1.11. The Hall–Kier alpha value is -1.53. The molecule has 0 aromatic carbocycles. The molecule has 1 heterocycles. The fourth-order valence-corrected chi connectivity index (χ4v) is 1.41. The third-order valence-corrected chi connectivity index (χ3v) is 2.34. The molecule has 3 nitrogen and oxygen atoms in total. The van der Waals surface area contributed by atoms with Gasteiger partial charge in [-0.3, -0.25) is 5.32 Å². The first kappa shape index (κ1) is 12.5. The predicted molar refractivity (Wildman–Crippen MR) is 65.2 cm³/mol. The van der Waals surface area contributed by atoms with Crippen LogP contribution in [-0.2, 0) is 6.54 Å². The fourth-order valence-electron chi connectivity index (χ4n) is 1.41. The zero-order valence-electron chi connectivity index (χ0n) is 9.86. The quantitative estimate of drug-likeness (QED) is 0.741. The number of aromatic nitrogens is 1. The lowest BCUT2D eigenvalue weighted by molar-refractivity contribution is 0.397. The van der Waals surface area contributed by atoms with Crippen molar-refractivity contribution in [2.75, 3.05) is 7.11 Å². The molecule has 0 amide bonds. The number of rotatable bonds is 6. The zero-order valence-corrected chi connectivity index (χ0v) is 9.86. The molecule has 16 heavy (non-hydrogen) atoms. The van der Waals surface area contributed by atoms with E-state index < -0.39 is 0 Å². The van der Waals surface area contributed by atoms with E-state index in [0.29, 0.717) is 5.88 Å². The Morgan fingerprint density at radius 1 is 1.56 bits per heavy atom. The summed E-state index contributed by atoms with van der Waals surface area (Å²) in [5, 5.41) is 3.31. The van der Waals surface area contributed by atoms with Crippen molar-refractivity contribution in [3.8, 4) is 18.2 Å². The van der Waals surface area contributed by atoms with Crippen LogP contribution in [0.2, 0.25) is 0 Å². The van der Waals surface area contributed by atoms with Gasteiger partial charge in [0.1, 0.15) is 0 Å². The van der Waals surface area contributed by atoms with Crippen LogP contribution < -0.4 is 10.1 Å². The van der Waals surface area contributed by atoms with Crippen molar-refractivity contribution >= 4 is 0 Å². The number of pyridine rings is 1. The number of hydrogen-bond donors (Lipinski definition) is 1. The summed E-state index contributed by atoms with van der Waals surface area (Å²) >= 11 is 0. The van der Waals surface area contributed by atoms with Gasteiger partial charge in [-0.15, -0.1) is 6.42 Å². The van der Waals surface area contributed by atoms with Gasteiger partial charge < -0.3 is 4.74 Å². The van der Waals surface area contributed by atoms with Gasteiger partial charge in [-0.25, -0.2) is 4.98 Å². The van der Waals surface area contributed by atoms with E-state index in [1.807, 2.05) is 12.1 Å². The third kappa shape index (κ3) is 3.92. The summed E-state index contributed by atoms with van der Waals surface area (Å²) < 4.78 is 4.99. The van der Waals surface area contributed by atoms with Crippen LogP contribution in [0, 0.1) is 12.3 Å². The molecule has 0 bridgehead atoms. The molecular weight excluding hydrogens is 200 g/mol. The monoisotopic (exact) mass is 218 g/mol. The highest BCUT2D eigenvalue weighted by Gasteiger charge is 2.02. The van der Waals surface area contributed by atoms with Crippen molar-refractivity contribution in [2.24, 2.45) is 0 Å². The molecule has 0 spiro atoms. The van der Waals surface area contributed by atoms with Crippen LogP contribution >= 0.6 is 0 Å². The van der Waals surface area contributed by atoms with Crippen molar-refractivity contribution in [3.05, 3.63) is 23.9 Å². The molecule has 0 aliphatic rings. The molecule has 0 fully saturated rings. The van der Waals surface area contributed by atoms with Gasteiger partial charge in [-0.05, 0) is 12.0 Å². The van der Waals surface area contributed by atoms with Crippen molar-refractivity contribution in [2.45, 2.75) is 32.4 Å². The number of hydrogen-bond acceptors (Lipinski definition) is 3. The summed E-state index contributed by atoms with van der Waals surface area (Å²) in [6, 6.07) is 3.98. The van der Waals surface area contributed by atoms with E-state index >= 15 is 0 Å². The van der Waals surface area contributed by atoms with Crippen LogP contribution in [0.25, 0.3) is 0 Å². The molecule has 1 unspecified atom stereocenters. The average molecular weight is 218 g/mol. The normalized spacial score (nSPS) is 11.8. The Balaban J connectivity index is 2.44. The summed E-state index contributed by atoms with van der Waals surface area (Å²) in [5.74, 6) is 3.37. The Kier molecular flexibility index (Phi) is 5.38. The molecular formula is C13H18N2O. The maximum atomic E-state index is 5.42. The molecule has 1 atom stereocenters. The molecule has 1 N–H and O–H groups in total. The summed E-state index contributed by atoms with van der Waals surface area (Å²) in [4.78, 5) is 4.13. The van der Waals surface area contributed by atoms with Gasteiger partial charge >= 0.3 is 0 Å². The molecule has 86 valence electrons. The van der Waals surface area contributed by atoms with Gasteiger partial charge in [-0.2, -0.15) is 0 Å².